The zero-order valence-corrected chi connectivity index (χ0v) is 16.9. The van der Waals surface area contributed by atoms with Gasteiger partial charge < -0.3 is 4.90 Å². The molecule has 0 fully saturated rings. The van der Waals surface area contributed by atoms with E-state index >= 15 is 0 Å². The normalized spacial score (nSPS) is 19.0. The topological polar surface area (TPSA) is 3.24 Å². The third-order valence-corrected chi connectivity index (χ3v) is 5.90. The van der Waals surface area contributed by atoms with E-state index in [4.69, 9.17) is 0 Å². The quantitative estimate of drug-likeness (QED) is 0.571. The van der Waals surface area contributed by atoms with E-state index < -0.39 is 0 Å². The van der Waals surface area contributed by atoms with Crippen molar-refractivity contribution in [1.82, 2.24) is 4.90 Å². The number of aryl methyl sites for hydroxylation is 2. The smallest absolute Gasteiger partial charge is 0.0491 e. The summed E-state index contributed by atoms with van der Waals surface area (Å²) in [5, 5.41) is 0. The molecule has 1 unspecified atom stereocenters. The minimum atomic E-state index is 0.489. The van der Waals surface area contributed by atoms with E-state index in [1.165, 1.54) is 41.6 Å². The Morgan fingerprint density at radius 2 is 2.00 bits per heavy atom. The lowest BCUT2D eigenvalue weighted by Crippen LogP contribution is -2.41. The number of allylic oxidation sites excluding steroid dienone is 4. The Bertz CT molecular complexity index is 776. The van der Waals surface area contributed by atoms with Crippen LogP contribution in [0.1, 0.15) is 62.8 Å². The van der Waals surface area contributed by atoms with Crippen molar-refractivity contribution in [2.24, 2.45) is 5.92 Å². The van der Waals surface area contributed by atoms with Crippen LogP contribution >= 0.6 is 0 Å². The Morgan fingerprint density at radius 1 is 1.23 bits per heavy atom. The van der Waals surface area contributed by atoms with Crippen LogP contribution in [0.25, 0.3) is 5.70 Å². The van der Waals surface area contributed by atoms with E-state index in [9.17, 15) is 0 Å². The van der Waals surface area contributed by atoms with E-state index in [-0.39, 0.29) is 0 Å². The highest BCUT2D eigenvalue weighted by Crippen LogP contribution is 2.41. The molecule has 0 saturated carbocycles. The van der Waals surface area contributed by atoms with Gasteiger partial charge in [0.15, 0.2) is 0 Å². The molecule has 0 radical (unpaired) electrons. The molecule has 1 atom stereocenters. The molecule has 2 aliphatic heterocycles. The second-order valence-electron chi connectivity index (χ2n) is 8.00. The summed E-state index contributed by atoms with van der Waals surface area (Å²) < 4.78 is 0. The first kappa shape index (κ1) is 18.8. The summed E-state index contributed by atoms with van der Waals surface area (Å²) in [5.74, 6) is 0.588. The maximum atomic E-state index is 4.26. The highest BCUT2D eigenvalue weighted by Gasteiger charge is 2.33. The van der Waals surface area contributed by atoms with Gasteiger partial charge in [-0.05, 0) is 71.6 Å². The Morgan fingerprint density at radius 3 is 2.62 bits per heavy atom. The lowest BCUT2D eigenvalue weighted by atomic mass is 9.81. The van der Waals surface area contributed by atoms with Gasteiger partial charge in [0, 0.05) is 23.5 Å². The van der Waals surface area contributed by atoms with Crippen molar-refractivity contribution in [3.63, 3.8) is 0 Å². The van der Waals surface area contributed by atoms with Crippen LogP contribution in [0.3, 0.4) is 0 Å². The number of hydrogen-bond donors (Lipinski definition) is 0. The number of hydrogen-bond acceptors (Lipinski definition) is 1. The van der Waals surface area contributed by atoms with Crippen LogP contribution in [0.15, 0.2) is 54.8 Å². The SMILES string of the molecule is C=CC1=CN2C(=CC1=C)c1cc(CC)c(CCCC)cc1CC2C(C)C. The van der Waals surface area contributed by atoms with Gasteiger partial charge in [-0.1, -0.05) is 59.4 Å². The van der Waals surface area contributed by atoms with Gasteiger partial charge in [-0.25, -0.2) is 0 Å². The summed E-state index contributed by atoms with van der Waals surface area (Å²) in [4.78, 5) is 2.48. The average molecular weight is 348 g/mol. The summed E-state index contributed by atoms with van der Waals surface area (Å²) in [6.45, 7) is 17.4. The summed E-state index contributed by atoms with van der Waals surface area (Å²) in [6.07, 6.45) is 12.4. The Hall–Kier alpha value is -2.02. The Balaban J connectivity index is 2.12. The van der Waals surface area contributed by atoms with Crippen molar-refractivity contribution in [3.05, 3.63) is 77.0 Å². The van der Waals surface area contributed by atoms with Crippen molar-refractivity contribution in [2.45, 2.75) is 65.8 Å². The molecular weight excluding hydrogens is 314 g/mol. The van der Waals surface area contributed by atoms with Gasteiger partial charge in [0.1, 0.15) is 0 Å². The molecule has 26 heavy (non-hydrogen) atoms. The van der Waals surface area contributed by atoms with Gasteiger partial charge in [-0.15, -0.1) is 0 Å². The summed E-state index contributed by atoms with van der Waals surface area (Å²) in [5.41, 5.74) is 9.49. The molecule has 1 aromatic rings. The molecule has 0 aromatic heterocycles. The lowest BCUT2D eigenvalue weighted by molar-refractivity contribution is 0.284. The average Bonchev–Trinajstić information content (AvgIpc) is 2.64. The van der Waals surface area contributed by atoms with Crippen LogP contribution in [-0.2, 0) is 19.3 Å². The number of benzene rings is 1. The summed E-state index contributed by atoms with van der Waals surface area (Å²) in [7, 11) is 0. The second-order valence-corrected chi connectivity index (χ2v) is 8.00. The van der Waals surface area contributed by atoms with Crippen molar-refractivity contribution >= 4 is 5.70 Å². The molecule has 0 spiro atoms. The standard InChI is InChI=1S/C25H33N/c1-7-10-11-21-13-22-15-24(17(4)5)26-16-20(9-3)18(6)12-25(26)23(22)14-19(21)8-2/h9,12-14,16-17,24H,3,6-8,10-11,15H2,1-2,4-5H3. The second kappa shape index (κ2) is 7.70. The van der Waals surface area contributed by atoms with Crippen molar-refractivity contribution in [2.75, 3.05) is 0 Å². The molecular formula is C25H33N. The van der Waals surface area contributed by atoms with Gasteiger partial charge in [0.05, 0.1) is 0 Å². The third-order valence-electron chi connectivity index (χ3n) is 5.90. The van der Waals surface area contributed by atoms with E-state index in [1.807, 2.05) is 6.08 Å². The van der Waals surface area contributed by atoms with E-state index in [0.717, 1.165) is 24.0 Å². The largest absolute Gasteiger partial charge is 0.343 e. The van der Waals surface area contributed by atoms with E-state index in [0.29, 0.717) is 12.0 Å². The predicted octanol–water partition coefficient (Wildman–Crippen LogP) is 6.45. The van der Waals surface area contributed by atoms with Gasteiger partial charge in [-0.3, -0.25) is 0 Å². The molecule has 2 aliphatic rings. The van der Waals surface area contributed by atoms with Crippen molar-refractivity contribution in [1.29, 1.82) is 0 Å². The maximum Gasteiger partial charge on any atom is 0.0491 e. The van der Waals surface area contributed by atoms with Crippen LogP contribution in [0, 0.1) is 5.92 Å². The Kier molecular flexibility index (Phi) is 5.55. The maximum absolute atomic E-state index is 4.26. The van der Waals surface area contributed by atoms with Crippen LogP contribution in [0.2, 0.25) is 0 Å². The van der Waals surface area contributed by atoms with Crippen LogP contribution in [0.4, 0.5) is 0 Å². The first-order valence-electron chi connectivity index (χ1n) is 10.2. The highest BCUT2D eigenvalue weighted by atomic mass is 15.2. The fourth-order valence-electron chi connectivity index (χ4n) is 4.26. The Labute approximate surface area is 159 Å². The molecule has 1 heteroatoms. The van der Waals surface area contributed by atoms with Crippen molar-refractivity contribution < 1.29 is 0 Å². The monoisotopic (exact) mass is 347 g/mol. The van der Waals surface area contributed by atoms with Crippen LogP contribution in [0.5, 0.6) is 0 Å². The fraction of sp³-hybridized carbons (Fsp3) is 0.440. The number of nitrogens with zero attached hydrogens (tertiary/aromatic N) is 1. The minimum absolute atomic E-state index is 0.489. The fourth-order valence-corrected chi connectivity index (χ4v) is 4.26. The lowest BCUT2D eigenvalue weighted by Gasteiger charge is -2.43. The minimum Gasteiger partial charge on any atom is -0.343 e. The van der Waals surface area contributed by atoms with E-state index in [1.54, 1.807) is 5.56 Å². The van der Waals surface area contributed by atoms with Gasteiger partial charge in [0.25, 0.3) is 0 Å². The molecule has 0 aliphatic carbocycles. The number of rotatable bonds is 6. The first-order valence-corrected chi connectivity index (χ1v) is 10.2. The van der Waals surface area contributed by atoms with E-state index in [2.05, 4.69) is 70.2 Å². The number of fused-ring (bicyclic) bond motifs is 3. The van der Waals surface area contributed by atoms with Crippen LogP contribution < -0.4 is 0 Å². The number of unbranched alkanes of at least 4 members (excludes halogenated alkanes) is 1. The molecule has 2 heterocycles. The first-order chi connectivity index (χ1) is 12.5. The zero-order chi connectivity index (χ0) is 18.8. The predicted molar refractivity (Wildman–Crippen MR) is 114 cm³/mol. The molecule has 1 aromatic carbocycles. The summed E-state index contributed by atoms with van der Waals surface area (Å²) >= 11 is 0. The molecule has 3 rings (SSSR count). The summed E-state index contributed by atoms with van der Waals surface area (Å²) in [6, 6.07) is 5.45. The van der Waals surface area contributed by atoms with Crippen molar-refractivity contribution in [3.8, 4) is 0 Å². The zero-order valence-electron chi connectivity index (χ0n) is 16.9. The molecule has 0 bridgehead atoms. The molecule has 0 saturated heterocycles. The van der Waals surface area contributed by atoms with Gasteiger partial charge >= 0.3 is 0 Å². The molecule has 138 valence electrons. The third kappa shape index (κ3) is 3.32. The molecule has 0 amide bonds. The molecule has 1 nitrogen and oxygen atoms in total. The molecule has 0 N–H and O–H groups in total. The van der Waals surface area contributed by atoms with Crippen LogP contribution in [-0.4, -0.2) is 10.9 Å². The highest BCUT2D eigenvalue weighted by molar-refractivity contribution is 5.77. The van der Waals surface area contributed by atoms with Gasteiger partial charge in [0.2, 0.25) is 0 Å². The van der Waals surface area contributed by atoms with Gasteiger partial charge in [-0.2, -0.15) is 0 Å².